The lowest BCUT2D eigenvalue weighted by Gasteiger charge is -2.04. The number of furan rings is 1. The lowest BCUT2D eigenvalue weighted by molar-refractivity contribution is 0.582. The Morgan fingerprint density at radius 1 is 1.19 bits per heavy atom. The zero-order valence-electron chi connectivity index (χ0n) is 9.15. The molecule has 0 radical (unpaired) electrons. The molecule has 0 atom stereocenters. The van der Waals surface area contributed by atoms with Crippen LogP contribution in [0.25, 0.3) is 11.3 Å². The Bertz CT molecular complexity index is 457. The second-order valence-corrected chi connectivity index (χ2v) is 4.33. The van der Waals surface area contributed by atoms with Gasteiger partial charge in [-0.15, -0.1) is 0 Å². The molecule has 2 nitrogen and oxygen atoms in total. The average Bonchev–Trinajstić information content (AvgIpc) is 2.99. The van der Waals surface area contributed by atoms with E-state index >= 15 is 0 Å². The van der Waals surface area contributed by atoms with E-state index in [0.717, 1.165) is 23.9 Å². The normalized spacial score (nSPS) is 15.2. The van der Waals surface area contributed by atoms with Gasteiger partial charge in [-0.2, -0.15) is 0 Å². The molecule has 1 aromatic heterocycles. The van der Waals surface area contributed by atoms with Crippen LogP contribution in [0, 0.1) is 0 Å². The minimum absolute atomic E-state index is 0.757. The Hall–Kier alpha value is -1.54. The molecule has 0 aliphatic heterocycles. The van der Waals surface area contributed by atoms with E-state index in [1.54, 1.807) is 6.26 Å². The molecule has 2 aromatic rings. The van der Waals surface area contributed by atoms with Gasteiger partial charge in [0.15, 0.2) is 0 Å². The van der Waals surface area contributed by atoms with Gasteiger partial charge in [-0.25, -0.2) is 0 Å². The van der Waals surface area contributed by atoms with Crippen molar-refractivity contribution < 1.29 is 4.42 Å². The maximum atomic E-state index is 5.39. The van der Waals surface area contributed by atoms with Gasteiger partial charge in [-0.1, -0.05) is 18.2 Å². The minimum Gasteiger partial charge on any atom is -0.464 e. The summed E-state index contributed by atoms with van der Waals surface area (Å²) in [5.41, 5.74) is 2.47. The van der Waals surface area contributed by atoms with Crippen LogP contribution in [-0.2, 0) is 6.54 Å². The van der Waals surface area contributed by atoms with E-state index in [4.69, 9.17) is 4.42 Å². The van der Waals surface area contributed by atoms with Crippen LogP contribution in [0.15, 0.2) is 47.1 Å². The van der Waals surface area contributed by atoms with Crippen LogP contribution in [0.4, 0.5) is 0 Å². The van der Waals surface area contributed by atoms with Crippen molar-refractivity contribution in [3.63, 3.8) is 0 Å². The van der Waals surface area contributed by atoms with Crippen LogP contribution in [0.5, 0.6) is 0 Å². The summed E-state index contributed by atoms with van der Waals surface area (Å²) < 4.78 is 5.39. The molecule has 0 unspecified atom stereocenters. The fraction of sp³-hybridized carbons (Fsp3) is 0.286. The number of rotatable bonds is 4. The third-order valence-corrected chi connectivity index (χ3v) is 2.90. The standard InChI is InChI=1S/C14H15NO/c1-3-11(10-15-13-6-7-13)9-12(4-1)14-5-2-8-16-14/h1-5,8-9,13,15H,6-7,10H2. The summed E-state index contributed by atoms with van der Waals surface area (Å²) >= 11 is 0. The Labute approximate surface area is 95.3 Å². The summed E-state index contributed by atoms with van der Waals surface area (Å²) in [5.74, 6) is 0.938. The molecule has 1 heterocycles. The summed E-state index contributed by atoms with van der Waals surface area (Å²) in [5, 5.41) is 3.51. The molecule has 2 heteroatoms. The molecular formula is C14H15NO. The first kappa shape index (κ1) is 9.67. The van der Waals surface area contributed by atoms with Gasteiger partial charge < -0.3 is 9.73 Å². The highest BCUT2D eigenvalue weighted by Crippen LogP contribution is 2.22. The minimum atomic E-state index is 0.757. The Morgan fingerprint density at radius 3 is 2.88 bits per heavy atom. The summed E-state index contributed by atoms with van der Waals surface area (Å²) in [6.07, 6.45) is 4.38. The molecule has 3 rings (SSSR count). The third-order valence-electron chi connectivity index (χ3n) is 2.90. The molecule has 16 heavy (non-hydrogen) atoms. The van der Waals surface area contributed by atoms with Crippen LogP contribution in [0.3, 0.4) is 0 Å². The van der Waals surface area contributed by atoms with E-state index < -0.39 is 0 Å². The van der Waals surface area contributed by atoms with Crippen molar-refractivity contribution in [3.05, 3.63) is 48.2 Å². The van der Waals surface area contributed by atoms with Gasteiger partial charge in [0.2, 0.25) is 0 Å². The first-order valence-electron chi connectivity index (χ1n) is 5.78. The van der Waals surface area contributed by atoms with Crippen molar-refractivity contribution in [1.82, 2.24) is 5.32 Å². The molecule has 0 amide bonds. The predicted molar refractivity (Wildman–Crippen MR) is 64.0 cm³/mol. The van der Waals surface area contributed by atoms with Gasteiger partial charge in [-0.3, -0.25) is 0 Å². The highest BCUT2D eigenvalue weighted by atomic mass is 16.3. The molecule has 1 saturated carbocycles. The van der Waals surface area contributed by atoms with Crippen molar-refractivity contribution >= 4 is 0 Å². The summed E-state index contributed by atoms with van der Waals surface area (Å²) in [4.78, 5) is 0. The SMILES string of the molecule is c1cc(CNC2CC2)cc(-c2ccco2)c1. The molecule has 82 valence electrons. The Kier molecular flexibility index (Phi) is 2.50. The predicted octanol–water partition coefficient (Wildman–Crippen LogP) is 3.20. The van der Waals surface area contributed by atoms with E-state index in [2.05, 4.69) is 29.6 Å². The molecular weight excluding hydrogens is 198 g/mol. The van der Waals surface area contributed by atoms with Crippen LogP contribution < -0.4 is 5.32 Å². The number of nitrogens with one attached hydrogen (secondary N) is 1. The van der Waals surface area contributed by atoms with E-state index in [1.165, 1.54) is 18.4 Å². The third kappa shape index (κ3) is 2.17. The maximum absolute atomic E-state index is 5.39. The van der Waals surface area contributed by atoms with Crippen molar-refractivity contribution in [3.8, 4) is 11.3 Å². The van der Waals surface area contributed by atoms with Crippen LogP contribution in [0.1, 0.15) is 18.4 Å². The summed E-state index contributed by atoms with van der Waals surface area (Å²) in [6, 6.07) is 13.2. The van der Waals surface area contributed by atoms with Gasteiger partial charge in [0.1, 0.15) is 5.76 Å². The summed E-state index contributed by atoms with van der Waals surface area (Å²) in [7, 11) is 0. The molecule has 1 aromatic carbocycles. The number of hydrogen-bond donors (Lipinski definition) is 1. The van der Waals surface area contributed by atoms with Gasteiger partial charge >= 0.3 is 0 Å². The summed E-state index contributed by atoms with van der Waals surface area (Å²) in [6.45, 7) is 0.958. The van der Waals surface area contributed by atoms with Crippen LogP contribution in [0.2, 0.25) is 0 Å². The second kappa shape index (κ2) is 4.14. The van der Waals surface area contributed by atoms with Crippen LogP contribution in [-0.4, -0.2) is 6.04 Å². The first-order valence-corrected chi connectivity index (χ1v) is 5.78. The highest BCUT2D eigenvalue weighted by Gasteiger charge is 2.19. The van der Waals surface area contributed by atoms with E-state index in [0.29, 0.717) is 0 Å². The quantitative estimate of drug-likeness (QED) is 0.843. The van der Waals surface area contributed by atoms with Gasteiger partial charge in [-0.05, 0) is 36.6 Å². The van der Waals surface area contributed by atoms with Crippen LogP contribution >= 0.6 is 0 Å². The largest absolute Gasteiger partial charge is 0.464 e. The van der Waals surface area contributed by atoms with Gasteiger partial charge in [0.25, 0.3) is 0 Å². The van der Waals surface area contributed by atoms with E-state index in [9.17, 15) is 0 Å². The van der Waals surface area contributed by atoms with Gasteiger partial charge in [0.05, 0.1) is 6.26 Å². The smallest absolute Gasteiger partial charge is 0.133 e. The molecule has 0 saturated heterocycles. The average molecular weight is 213 g/mol. The maximum Gasteiger partial charge on any atom is 0.133 e. The lowest BCUT2D eigenvalue weighted by atomic mass is 10.1. The van der Waals surface area contributed by atoms with Crippen molar-refractivity contribution in [2.24, 2.45) is 0 Å². The topological polar surface area (TPSA) is 25.2 Å². The zero-order valence-corrected chi connectivity index (χ0v) is 9.15. The molecule has 1 N–H and O–H groups in total. The van der Waals surface area contributed by atoms with Gasteiger partial charge in [0, 0.05) is 18.2 Å². The molecule has 1 fully saturated rings. The fourth-order valence-electron chi connectivity index (χ4n) is 1.83. The number of hydrogen-bond acceptors (Lipinski definition) is 2. The monoisotopic (exact) mass is 213 g/mol. The Balaban J connectivity index is 1.76. The number of benzene rings is 1. The lowest BCUT2D eigenvalue weighted by Crippen LogP contribution is -2.15. The molecule has 0 spiro atoms. The van der Waals surface area contributed by atoms with Crippen molar-refractivity contribution in [2.45, 2.75) is 25.4 Å². The van der Waals surface area contributed by atoms with E-state index in [1.807, 2.05) is 12.1 Å². The molecule has 1 aliphatic carbocycles. The Morgan fingerprint density at radius 2 is 2.12 bits per heavy atom. The molecule has 1 aliphatic rings. The molecule has 0 bridgehead atoms. The first-order chi connectivity index (χ1) is 7.92. The fourth-order valence-corrected chi connectivity index (χ4v) is 1.83. The second-order valence-electron chi connectivity index (χ2n) is 4.33. The van der Waals surface area contributed by atoms with E-state index in [-0.39, 0.29) is 0 Å². The highest BCUT2D eigenvalue weighted by molar-refractivity contribution is 5.58. The van der Waals surface area contributed by atoms with Crippen molar-refractivity contribution in [1.29, 1.82) is 0 Å². The zero-order chi connectivity index (χ0) is 10.8. The van der Waals surface area contributed by atoms with Crippen molar-refractivity contribution in [2.75, 3.05) is 0 Å².